The van der Waals surface area contributed by atoms with Crippen molar-refractivity contribution in [2.75, 3.05) is 0 Å². The molecule has 0 fully saturated rings. The highest BCUT2D eigenvalue weighted by Crippen LogP contribution is 2.45. The molecular formula is C6H2F6O3. The van der Waals surface area contributed by atoms with Gasteiger partial charge >= 0.3 is 24.1 Å². The minimum Gasteiger partial charge on any atom is -0.399 e. The summed E-state index contributed by atoms with van der Waals surface area (Å²) < 4.78 is 80.4. The van der Waals surface area contributed by atoms with E-state index in [0.717, 1.165) is 0 Å². The van der Waals surface area contributed by atoms with Crippen molar-refractivity contribution in [3.8, 4) is 0 Å². The van der Waals surface area contributed by atoms with Crippen LogP contribution < -0.4 is 5.82 Å². The zero-order chi connectivity index (χ0) is 11.9. The molecule has 0 N–H and O–H groups in total. The molecule has 0 bridgehead atoms. The lowest BCUT2D eigenvalue weighted by molar-refractivity contribution is -0.276. The van der Waals surface area contributed by atoms with Gasteiger partial charge in [-0.2, -0.15) is 17.6 Å². The summed E-state index contributed by atoms with van der Waals surface area (Å²) >= 11 is 0. The van der Waals surface area contributed by atoms with Crippen LogP contribution in [0.3, 0.4) is 0 Å². The SMILES string of the molecule is O=c1occ(C(F)(F)C(F)(F)C(F)F)o1. The van der Waals surface area contributed by atoms with Crippen LogP contribution in [0.1, 0.15) is 5.76 Å². The van der Waals surface area contributed by atoms with Gasteiger partial charge in [-0.05, 0) is 0 Å². The van der Waals surface area contributed by atoms with Gasteiger partial charge in [-0.25, -0.2) is 13.6 Å². The van der Waals surface area contributed by atoms with Crippen molar-refractivity contribution in [1.82, 2.24) is 0 Å². The van der Waals surface area contributed by atoms with E-state index >= 15 is 0 Å². The Bertz CT molecular complexity index is 392. The molecule has 0 saturated heterocycles. The summed E-state index contributed by atoms with van der Waals surface area (Å²) in [6.07, 6.45) is -4.74. The first-order valence-electron chi connectivity index (χ1n) is 3.32. The Morgan fingerprint density at radius 2 is 1.73 bits per heavy atom. The van der Waals surface area contributed by atoms with Gasteiger partial charge in [-0.1, -0.05) is 0 Å². The molecule has 0 aliphatic rings. The predicted octanol–water partition coefficient (Wildman–Crippen LogP) is 2.22. The zero-order valence-electron chi connectivity index (χ0n) is 6.65. The minimum atomic E-state index is -5.65. The Hall–Kier alpha value is -1.41. The maximum Gasteiger partial charge on any atom is 0.518 e. The third-order valence-corrected chi connectivity index (χ3v) is 1.46. The average Bonchev–Trinajstić information content (AvgIpc) is 2.51. The van der Waals surface area contributed by atoms with Crippen LogP contribution in [0.4, 0.5) is 26.3 Å². The highest BCUT2D eigenvalue weighted by Gasteiger charge is 2.66. The molecule has 0 aliphatic heterocycles. The summed E-state index contributed by atoms with van der Waals surface area (Å²) in [6, 6.07) is 0. The van der Waals surface area contributed by atoms with E-state index in [4.69, 9.17) is 0 Å². The molecule has 0 aliphatic carbocycles. The van der Waals surface area contributed by atoms with Gasteiger partial charge in [0.05, 0.1) is 0 Å². The van der Waals surface area contributed by atoms with Crippen molar-refractivity contribution < 1.29 is 35.2 Å². The second-order valence-electron chi connectivity index (χ2n) is 2.45. The van der Waals surface area contributed by atoms with E-state index in [-0.39, 0.29) is 6.26 Å². The quantitative estimate of drug-likeness (QED) is 0.755. The Labute approximate surface area is 77.3 Å². The van der Waals surface area contributed by atoms with Gasteiger partial charge in [0.15, 0.2) is 0 Å². The van der Waals surface area contributed by atoms with E-state index in [1.807, 2.05) is 0 Å². The van der Waals surface area contributed by atoms with E-state index in [2.05, 4.69) is 8.83 Å². The number of alkyl halides is 6. The van der Waals surface area contributed by atoms with Crippen molar-refractivity contribution in [2.45, 2.75) is 18.3 Å². The summed E-state index contributed by atoms with van der Waals surface area (Å²) in [5, 5.41) is 0. The normalized spacial score (nSPS) is 13.5. The van der Waals surface area contributed by atoms with Crippen LogP contribution in [0.5, 0.6) is 0 Å². The van der Waals surface area contributed by atoms with Crippen molar-refractivity contribution in [3.05, 3.63) is 22.6 Å². The topological polar surface area (TPSA) is 43.4 Å². The first kappa shape index (κ1) is 11.7. The van der Waals surface area contributed by atoms with Gasteiger partial charge in [-0.15, -0.1) is 0 Å². The smallest absolute Gasteiger partial charge is 0.399 e. The van der Waals surface area contributed by atoms with Crippen LogP contribution in [0.2, 0.25) is 0 Å². The van der Waals surface area contributed by atoms with Crippen LogP contribution in [0.15, 0.2) is 19.9 Å². The molecule has 1 aromatic heterocycles. The van der Waals surface area contributed by atoms with E-state index < -0.39 is 29.9 Å². The van der Waals surface area contributed by atoms with E-state index in [1.54, 1.807) is 0 Å². The van der Waals surface area contributed by atoms with Gasteiger partial charge < -0.3 is 8.83 Å². The van der Waals surface area contributed by atoms with Crippen molar-refractivity contribution >= 4 is 0 Å². The lowest BCUT2D eigenvalue weighted by Crippen LogP contribution is -2.43. The first-order chi connectivity index (χ1) is 6.69. The second kappa shape index (κ2) is 3.31. The lowest BCUT2D eigenvalue weighted by Gasteiger charge is -2.22. The molecular weight excluding hydrogens is 234 g/mol. The standard InChI is InChI=1S/C6H2F6O3/c7-3(8)6(11,12)5(9,10)2-1-14-4(13)15-2/h1,3H. The average molecular weight is 236 g/mol. The van der Waals surface area contributed by atoms with E-state index in [0.29, 0.717) is 0 Å². The Morgan fingerprint density at radius 1 is 1.20 bits per heavy atom. The van der Waals surface area contributed by atoms with E-state index in [9.17, 15) is 31.1 Å². The fourth-order valence-corrected chi connectivity index (χ4v) is 0.679. The van der Waals surface area contributed by atoms with Crippen LogP contribution >= 0.6 is 0 Å². The van der Waals surface area contributed by atoms with Crippen LogP contribution in [0.25, 0.3) is 0 Å². The van der Waals surface area contributed by atoms with Gasteiger partial charge in [-0.3, -0.25) is 0 Å². The Kier molecular flexibility index (Phi) is 2.58. The molecule has 15 heavy (non-hydrogen) atoms. The number of hydrogen-bond donors (Lipinski definition) is 0. The molecule has 1 heterocycles. The summed E-state index contributed by atoms with van der Waals surface area (Å²) in [4.78, 5) is 10.1. The van der Waals surface area contributed by atoms with Gasteiger partial charge in [0.2, 0.25) is 5.76 Å². The predicted molar refractivity (Wildman–Crippen MR) is 32.1 cm³/mol. The summed E-state index contributed by atoms with van der Waals surface area (Å²) in [5.74, 6) is -14.6. The zero-order valence-corrected chi connectivity index (χ0v) is 6.65. The van der Waals surface area contributed by atoms with E-state index in [1.165, 1.54) is 0 Å². The second-order valence-corrected chi connectivity index (χ2v) is 2.45. The lowest BCUT2D eigenvalue weighted by atomic mass is 10.1. The molecule has 3 nitrogen and oxygen atoms in total. The number of rotatable bonds is 3. The first-order valence-corrected chi connectivity index (χ1v) is 3.32. The van der Waals surface area contributed by atoms with Gasteiger partial charge in [0.1, 0.15) is 6.26 Å². The summed E-state index contributed by atoms with van der Waals surface area (Å²) in [5.41, 5.74) is 0. The molecule has 0 radical (unpaired) electrons. The van der Waals surface area contributed by atoms with Crippen LogP contribution in [0, 0.1) is 0 Å². The molecule has 1 aromatic rings. The summed E-state index contributed by atoms with van der Waals surface area (Å²) in [6.45, 7) is 0. The Morgan fingerprint density at radius 3 is 2.07 bits per heavy atom. The van der Waals surface area contributed by atoms with Gasteiger partial charge in [0.25, 0.3) is 0 Å². The fourth-order valence-electron chi connectivity index (χ4n) is 0.679. The highest BCUT2D eigenvalue weighted by molar-refractivity contribution is 5.04. The third-order valence-electron chi connectivity index (χ3n) is 1.46. The maximum absolute atomic E-state index is 12.7. The highest BCUT2D eigenvalue weighted by atomic mass is 19.3. The minimum absolute atomic E-state index is 0.140. The molecule has 1 rings (SSSR count). The molecule has 9 heteroatoms. The largest absolute Gasteiger partial charge is 0.518 e. The fraction of sp³-hybridized carbons (Fsp3) is 0.500. The molecule has 86 valence electrons. The molecule has 0 saturated carbocycles. The van der Waals surface area contributed by atoms with Crippen molar-refractivity contribution in [1.29, 1.82) is 0 Å². The van der Waals surface area contributed by atoms with Crippen molar-refractivity contribution in [3.63, 3.8) is 0 Å². The number of hydrogen-bond acceptors (Lipinski definition) is 3. The molecule has 0 spiro atoms. The van der Waals surface area contributed by atoms with Crippen LogP contribution in [-0.4, -0.2) is 12.3 Å². The monoisotopic (exact) mass is 236 g/mol. The third kappa shape index (κ3) is 1.73. The summed E-state index contributed by atoms with van der Waals surface area (Å²) in [7, 11) is 0. The molecule has 0 amide bonds. The molecule has 0 unspecified atom stereocenters. The molecule has 0 aromatic carbocycles. The van der Waals surface area contributed by atoms with Crippen molar-refractivity contribution in [2.24, 2.45) is 0 Å². The van der Waals surface area contributed by atoms with Gasteiger partial charge in [0, 0.05) is 0 Å². The Balaban J connectivity index is 3.17. The number of halogens is 6. The van der Waals surface area contributed by atoms with Crippen LogP contribution in [-0.2, 0) is 5.92 Å². The maximum atomic E-state index is 12.7. The molecule has 0 atom stereocenters.